The van der Waals surface area contributed by atoms with Crippen LogP contribution in [0.4, 0.5) is 5.69 Å². The molecule has 0 bridgehead atoms. The maximum atomic E-state index is 12.0. The van der Waals surface area contributed by atoms with Crippen LogP contribution in [0.2, 0.25) is 5.02 Å². The fourth-order valence-corrected chi connectivity index (χ4v) is 1.98. The number of nitrogens with zero attached hydrogens (tertiary/aromatic N) is 2. The fraction of sp³-hybridized carbons (Fsp3) is 0.462. The molecule has 1 amide bonds. The summed E-state index contributed by atoms with van der Waals surface area (Å²) in [6.07, 6.45) is 0. The Morgan fingerprint density at radius 3 is 2.60 bits per heavy atom. The van der Waals surface area contributed by atoms with Gasteiger partial charge in [0.05, 0.1) is 4.92 Å². The average Bonchev–Trinajstić information content (AvgIpc) is 2.43. The van der Waals surface area contributed by atoms with Gasteiger partial charge in [-0.3, -0.25) is 14.9 Å². The Kier molecular flexibility index (Phi) is 6.41. The van der Waals surface area contributed by atoms with Crippen molar-refractivity contribution in [3.05, 3.63) is 38.9 Å². The van der Waals surface area contributed by atoms with Crippen molar-refractivity contribution in [3.8, 4) is 0 Å². The predicted molar refractivity (Wildman–Crippen MR) is 78.2 cm³/mol. The first-order valence-electron chi connectivity index (χ1n) is 6.44. The standard InChI is InChI=1S/C13H18ClN3O3/c1-3-16(4-2)8-7-15-13(18)11-6-5-10(14)9-12(11)17(19)20/h5-6,9H,3-4,7-8H2,1-2H3,(H,15,18). The van der Waals surface area contributed by atoms with Gasteiger partial charge in [0.2, 0.25) is 0 Å². The van der Waals surface area contributed by atoms with E-state index in [0.717, 1.165) is 13.1 Å². The lowest BCUT2D eigenvalue weighted by Gasteiger charge is -2.17. The molecule has 0 fully saturated rings. The Bertz CT molecular complexity index is 490. The zero-order valence-electron chi connectivity index (χ0n) is 11.6. The van der Waals surface area contributed by atoms with Crippen molar-refractivity contribution >= 4 is 23.2 Å². The van der Waals surface area contributed by atoms with Crippen molar-refractivity contribution in [1.82, 2.24) is 10.2 Å². The molecule has 1 N–H and O–H groups in total. The number of nitrogens with one attached hydrogen (secondary N) is 1. The van der Waals surface area contributed by atoms with Crippen molar-refractivity contribution in [3.63, 3.8) is 0 Å². The highest BCUT2D eigenvalue weighted by atomic mass is 35.5. The number of likely N-dealkylation sites (N-methyl/N-ethyl adjacent to an activating group) is 1. The fourth-order valence-electron chi connectivity index (χ4n) is 1.81. The van der Waals surface area contributed by atoms with Crippen molar-refractivity contribution in [2.24, 2.45) is 0 Å². The molecule has 1 aromatic carbocycles. The number of halogens is 1. The molecule has 0 heterocycles. The number of rotatable bonds is 7. The molecule has 20 heavy (non-hydrogen) atoms. The highest BCUT2D eigenvalue weighted by Gasteiger charge is 2.20. The summed E-state index contributed by atoms with van der Waals surface area (Å²) in [7, 11) is 0. The summed E-state index contributed by atoms with van der Waals surface area (Å²) in [6.45, 7) is 7.02. The number of hydrogen-bond acceptors (Lipinski definition) is 4. The van der Waals surface area contributed by atoms with Gasteiger partial charge >= 0.3 is 0 Å². The average molecular weight is 300 g/mol. The molecule has 0 saturated heterocycles. The second-order valence-corrected chi connectivity index (χ2v) is 4.64. The Morgan fingerprint density at radius 1 is 1.40 bits per heavy atom. The minimum atomic E-state index is -0.606. The van der Waals surface area contributed by atoms with Crippen LogP contribution in [0.15, 0.2) is 18.2 Å². The van der Waals surface area contributed by atoms with E-state index >= 15 is 0 Å². The van der Waals surface area contributed by atoms with Gasteiger partial charge < -0.3 is 10.2 Å². The monoisotopic (exact) mass is 299 g/mol. The third kappa shape index (κ3) is 4.47. The van der Waals surface area contributed by atoms with E-state index < -0.39 is 10.8 Å². The predicted octanol–water partition coefficient (Wildman–Crippen LogP) is 2.32. The highest BCUT2D eigenvalue weighted by molar-refractivity contribution is 6.31. The van der Waals surface area contributed by atoms with Crippen LogP contribution in [0.5, 0.6) is 0 Å². The number of nitro groups is 1. The van der Waals surface area contributed by atoms with Gasteiger partial charge in [0.25, 0.3) is 11.6 Å². The maximum absolute atomic E-state index is 12.0. The van der Waals surface area contributed by atoms with Crippen LogP contribution in [-0.4, -0.2) is 41.9 Å². The van der Waals surface area contributed by atoms with Crippen LogP contribution in [0.25, 0.3) is 0 Å². The lowest BCUT2D eigenvalue weighted by molar-refractivity contribution is -0.385. The molecule has 0 atom stereocenters. The minimum absolute atomic E-state index is 0.0268. The number of carbonyl (C=O) groups is 1. The van der Waals surface area contributed by atoms with Gasteiger partial charge in [0, 0.05) is 24.2 Å². The van der Waals surface area contributed by atoms with Gasteiger partial charge in [0.1, 0.15) is 5.56 Å². The summed E-state index contributed by atoms with van der Waals surface area (Å²) in [6, 6.07) is 4.02. The third-order valence-electron chi connectivity index (χ3n) is 3.01. The zero-order valence-corrected chi connectivity index (χ0v) is 12.3. The topological polar surface area (TPSA) is 75.5 Å². The molecule has 1 aromatic rings. The smallest absolute Gasteiger partial charge is 0.283 e. The molecule has 0 aromatic heterocycles. The molecule has 6 nitrogen and oxygen atoms in total. The molecule has 0 spiro atoms. The summed E-state index contributed by atoms with van der Waals surface area (Å²) < 4.78 is 0. The molecular formula is C13H18ClN3O3. The van der Waals surface area contributed by atoms with Crippen LogP contribution >= 0.6 is 11.6 Å². The van der Waals surface area contributed by atoms with Gasteiger partial charge in [-0.1, -0.05) is 25.4 Å². The Hall–Kier alpha value is -1.66. The van der Waals surface area contributed by atoms with Crippen LogP contribution in [0.1, 0.15) is 24.2 Å². The molecule has 7 heteroatoms. The van der Waals surface area contributed by atoms with Crippen LogP contribution in [0, 0.1) is 10.1 Å². The van der Waals surface area contributed by atoms with Crippen molar-refractivity contribution in [2.45, 2.75) is 13.8 Å². The van der Waals surface area contributed by atoms with E-state index in [0.29, 0.717) is 13.1 Å². The van der Waals surface area contributed by atoms with E-state index in [9.17, 15) is 14.9 Å². The Morgan fingerprint density at radius 2 is 2.05 bits per heavy atom. The number of hydrogen-bond donors (Lipinski definition) is 1. The Labute approximate surface area is 122 Å². The highest BCUT2D eigenvalue weighted by Crippen LogP contribution is 2.22. The van der Waals surface area contributed by atoms with Gasteiger partial charge in [-0.2, -0.15) is 0 Å². The zero-order chi connectivity index (χ0) is 15.1. The van der Waals surface area contributed by atoms with Gasteiger partial charge in [-0.25, -0.2) is 0 Å². The number of nitro benzene ring substituents is 1. The van der Waals surface area contributed by atoms with E-state index in [2.05, 4.69) is 10.2 Å². The molecule has 110 valence electrons. The van der Waals surface area contributed by atoms with Gasteiger partial charge in [-0.15, -0.1) is 0 Å². The molecule has 0 radical (unpaired) electrons. The van der Waals surface area contributed by atoms with E-state index in [1.165, 1.54) is 18.2 Å². The lowest BCUT2D eigenvalue weighted by atomic mass is 10.1. The molecular weight excluding hydrogens is 282 g/mol. The SMILES string of the molecule is CCN(CC)CCNC(=O)c1ccc(Cl)cc1[N+](=O)[O-]. The summed E-state index contributed by atoms with van der Waals surface area (Å²) >= 11 is 5.71. The first-order chi connectivity index (χ1) is 9.49. The normalized spacial score (nSPS) is 10.6. The molecule has 1 rings (SSSR count). The van der Waals surface area contributed by atoms with Crippen molar-refractivity contribution < 1.29 is 9.72 Å². The van der Waals surface area contributed by atoms with E-state index in [4.69, 9.17) is 11.6 Å². The number of benzene rings is 1. The maximum Gasteiger partial charge on any atom is 0.283 e. The lowest BCUT2D eigenvalue weighted by Crippen LogP contribution is -2.35. The quantitative estimate of drug-likeness (QED) is 0.619. The second kappa shape index (κ2) is 7.81. The molecule has 0 aliphatic carbocycles. The van der Waals surface area contributed by atoms with E-state index in [1.54, 1.807) is 0 Å². The van der Waals surface area contributed by atoms with E-state index in [-0.39, 0.29) is 16.3 Å². The third-order valence-corrected chi connectivity index (χ3v) is 3.24. The summed E-state index contributed by atoms with van der Waals surface area (Å²) in [5, 5.41) is 13.8. The van der Waals surface area contributed by atoms with Crippen LogP contribution in [-0.2, 0) is 0 Å². The van der Waals surface area contributed by atoms with Gasteiger partial charge in [0.15, 0.2) is 0 Å². The second-order valence-electron chi connectivity index (χ2n) is 4.20. The first kappa shape index (κ1) is 16.4. The molecule has 0 aliphatic heterocycles. The van der Waals surface area contributed by atoms with E-state index in [1.807, 2.05) is 13.8 Å². The van der Waals surface area contributed by atoms with Gasteiger partial charge in [-0.05, 0) is 25.2 Å². The molecule has 0 aliphatic rings. The Balaban J connectivity index is 2.70. The summed E-state index contributed by atoms with van der Waals surface area (Å²) in [4.78, 5) is 24.4. The molecule has 0 saturated carbocycles. The number of carbonyl (C=O) groups excluding carboxylic acids is 1. The summed E-state index contributed by atoms with van der Waals surface area (Å²) in [5.74, 6) is -0.458. The van der Waals surface area contributed by atoms with Crippen LogP contribution < -0.4 is 5.32 Å². The van der Waals surface area contributed by atoms with Crippen molar-refractivity contribution in [1.29, 1.82) is 0 Å². The largest absolute Gasteiger partial charge is 0.351 e. The first-order valence-corrected chi connectivity index (χ1v) is 6.81. The van der Waals surface area contributed by atoms with Crippen LogP contribution in [0.3, 0.4) is 0 Å². The van der Waals surface area contributed by atoms with Crippen molar-refractivity contribution in [2.75, 3.05) is 26.2 Å². The number of amides is 1. The molecule has 0 unspecified atom stereocenters. The summed E-state index contributed by atoms with van der Waals surface area (Å²) in [5.41, 5.74) is -0.253. The minimum Gasteiger partial charge on any atom is -0.351 e.